The third kappa shape index (κ3) is 3.33. The first-order valence-corrected chi connectivity index (χ1v) is 8.55. The molecule has 0 fully saturated rings. The molecule has 4 aromatic rings. The Labute approximate surface area is 155 Å². The number of halogens is 1. The normalized spacial score (nSPS) is 11.1. The van der Waals surface area contributed by atoms with Gasteiger partial charge in [0.05, 0.1) is 5.52 Å². The molecule has 2 aromatic carbocycles. The summed E-state index contributed by atoms with van der Waals surface area (Å²) in [6, 6.07) is 15.0. The Kier molecular flexibility index (Phi) is 4.24. The second-order valence-corrected chi connectivity index (χ2v) is 6.40. The second-order valence-electron chi connectivity index (χ2n) is 6.40. The van der Waals surface area contributed by atoms with Crippen LogP contribution in [0.2, 0.25) is 0 Å². The van der Waals surface area contributed by atoms with Crippen LogP contribution in [0.15, 0.2) is 65.6 Å². The standard InChI is InChI=1S/C21H18FN3O2/c1-14-19-11-17(7-8-20(19)23-24(14)2)25-10-9-18(12-21(25)26)27-13-15-3-5-16(22)6-4-15/h3-12H,13H2,1-2H3. The molecule has 136 valence electrons. The molecule has 5 nitrogen and oxygen atoms in total. The molecule has 0 amide bonds. The van der Waals surface area contributed by atoms with Crippen LogP contribution < -0.4 is 10.3 Å². The molecule has 0 unspecified atom stereocenters. The van der Waals surface area contributed by atoms with Gasteiger partial charge < -0.3 is 4.74 Å². The SMILES string of the molecule is Cc1c2cc(-n3ccc(OCc4ccc(F)cc4)cc3=O)ccc2nn1C. The van der Waals surface area contributed by atoms with E-state index in [4.69, 9.17) is 4.74 Å². The minimum absolute atomic E-state index is 0.188. The van der Waals surface area contributed by atoms with Crippen LogP contribution in [-0.2, 0) is 13.7 Å². The van der Waals surface area contributed by atoms with Gasteiger partial charge in [0.2, 0.25) is 0 Å². The highest BCUT2D eigenvalue weighted by Gasteiger charge is 2.08. The summed E-state index contributed by atoms with van der Waals surface area (Å²) in [5, 5.41) is 5.44. The summed E-state index contributed by atoms with van der Waals surface area (Å²) in [4.78, 5) is 12.5. The number of nitrogens with zero attached hydrogens (tertiary/aromatic N) is 3. The zero-order chi connectivity index (χ0) is 19.0. The van der Waals surface area contributed by atoms with Crippen LogP contribution in [0.4, 0.5) is 4.39 Å². The molecule has 2 aromatic heterocycles. The third-order valence-electron chi connectivity index (χ3n) is 4.60. The maximum Gasteiger partial charge on any atom is 0.258 e. The largest absolute Gasteiger partial charge is 0.489 e. The first-order chi connectivity index (χ1) is 13.0. The van der Waals surface area contributed by atoms with E-state index in [1.165, 1.54) is 18.2 Å². The predicted octanol–water partition coefficient (Wildman–Crippen LogP) is 3.75. The fourth-order valence-electron chi connectivity index (χ4n) is 2.97. The van der Waals surface area contributed by atoms with Crippen molar-refractivity contribution in [1.82, 2.24) is 14.3 Å². The highest BCUT2D eigenvalue weighted by Crippen LogP contribution is 2.21. The van der Waals surface area contributed by atoms with Crippen molar-refractivity contribution < 1.29 is 9.13 Å². The van der Waals surface area contributed by atoms with Crippen LogP contribution in [0.3, 0.4) is 0 Å². The monoisotopic (exact) mass is 363 g/mol. The van der Waals surface area contributed by atoms with E-state index < -0.39 is 0 Å². The predicted molar refractivity (Wildman–Crippen MR) is 102 cm³/mol. The summed E-state index contributed by atoms with van der Waals surface area (Å²) in [5.41, 5.74) is 3.35. The molecule has 0 aliphatic rings. The van der Waals surface area contributed by atoms with Gasteiger partial charge in [-0.3, -0.25) is 14.0 Å². The van der Waals surface area contributed by atoms with Crippen molar-refractivity contribution in [1.29, 1.82) is 0 Å². The van der Waals surface area contributed by atoms with Gasteiger partial charge in [0.25, 0.3) is 5.56 Å². The summed E-state index contributed by atoms with van der Waals surface area (Å²) in [5.74, 6) is 0.182. The summed E-state index contributed by atoms with van der Waals surface area (Å²) >= 11 is 0. The number of benzene rings is 2. The summed E-state index contributed by atoms with van der Waals surface area (Å²) in [6.45, 7) is 2.26. The van der Waals surface area contributed by atoms with Gasteiger partial charge in [0.1, 0.15) is 18.2 Å². The van der Waals surface area contributed by atoms with Gasteiger partial charge in [0.15, 0.2) is 0 Å². The number of pyridine rings is 1. The zero-order valence-electron chi connectivity index (χ0n) is 15.0. The minimum Gasteiger partial charge on any atom is -0.489 e. The molecular weight excluding hydrogens is 345 g/mol. The van der Waals surface area contributed by atoms with E-state index in [1.54, 1.807) is 29.0 Å². The van der Waals surface area contributed by atoms with Gasteiger partial charge in [0, 0.05) is 36.1 Å². The zero-order valence-corrected chi connectivity index (χ0v) is 15.0. The lowest BCUT2D eigenvalue weighted by Crippen LogP contribution is -2.16. The van der Waals surface area contributed by atoms with Gasteiger partial charge in [-0.2, -0.15) is 5.10 Å². The Morgan fingerprint density at radius 2 is 1.85 bits per heavy atom. The fraction of sp³-hybridized carbons (Fsp3) is 0.143. The van der Waals surface area contributed by atoms with E-state index in [0.717, 1.165) is 27.8 Å². The number of rotatable bonds is 4. The summed E-state index contributed by atoms with van der Waals surface area (Å²) in [6.07, 6.45) is 1.69. The number of hydrogen-bond acceptors (Lipinski definition) is 3. The molecule has 0 aliphatic heterocycles. The maximum atomic E-state index is 12.9. The van der Waals surface area contributed by atoms with E-state index in [-0.39, 0.29) is 18.0 Å². The summed E-state index contributed by atoms with van der Waals surface area (Å²) < 4.78 is 22.0. The molecular formula is C21H18FN3O2. The van der Waals surface area contributed by atoms with Gasteiger partial charge >= 0.3 is 0 Å². The molecule has 27 heavy (non-hydrogen) atoms. The van der Waals surface area contributed by atoms with Gasteiger partial charge in [-0.1, -0.05) is 12.1 Å². The third-order valence-corrected chi connectivity index (χ3v) is 4.60. The van der Waals surface area contributed by atoms with E-state index in [0.29, 0.717) is 5.75 Å². The average molecular weight is 363 g/mol. The number of aryl methyl sites for hydroxylation is 2. The van der Waals surface area contributed by atoms with Crippen molar-refractivity contribution in [3.8, 4) is 11.4 Å². The topological polar surface area (TPSA) is 49.1 Å². The van der Waals surface area contributed by atoms with Crippen molar-refractivity contribution in [2.45, 2.75) is 13.5 Å². The van der Waals surface area contributed by atoms with E-state index in [9.17, 15) is 9.18 Å². The quantitative estimate of drug-likeness (QED) is 0.555. The van der Waals surface area contributed by atoms with Crippen LogP contribution in [0.5, 0.6) is 5.75 Å². The highest BCUT2D eigenvalue weighted by molar-refractivity contribution is 5.83. The molecule has 2 heterocycles. The molecule has 6 heteroatoms. The highest BCUT2D eigenvalue weighted by atomic mass is 19.1. The molecule has 0 atom stereocenters. The fourth-order valence-corrected chi connectivity index (χ4v) is 2.97. The van der Waals surface area contributed by atoms with Crippen molar-refractivity contribution in [3.63, 3.8) is 0 Å². The van der Waals surface area contributed by atoms with E-state index in [1.807, 2.05) is 36.9 Å². The molecule has 0 aliphatic carbocycles. The molecule has 0 N–H and O–H groups in total. The van der Waals surface area contributed by atoms with Crippen LogP contribution >= 0.6 is 0 Å². The number of aromatic nitrogens is 3. The number of fused-ring (bicyclic) bond motifs is 1. The number of hydrogen-bond donors (Lipinski definition) is 0. The summed E-state index contributed by atoms with van der Waals surface area (Å²) in [7, 11) is 1.90. The Morgan fingerprint density at radius 1 is 1.07 bits per heavy atom. The first kappa shape index (κ1) is 17.0. The molecule has 0 saturated heterocycles. The lowest BCUT2D eigenvalue weighted by molar-refractivity contribution is 0.305. The van der Waals surface area contributed by atoms with Gasteiger partial charge in [-0.15, -0.1) is 0 Å². The second kappa shape index (κ2) is 6.72. The van der Waals surface area contributed by atoms with Crippen molar-refractivity contribution in [3.05, 3.63) is 88.2 Å². The van der Waals surface area contributed by atoms with Crippen LogP contribution in [0.25, 0.3) is 16.6 Å². The Balaban J connectivity index is 1.59. The van der Waals surface area contributed by atoms with E-state index in [2.05, 4.69) is 5.10 Å². The van der Waals surface area contributed by atoms with Gasteiger partial charge in [-0.05, 0) is 48.9 Å². The number of ether oxygens (including phenoxy) is 1. The molecule has 0 bridgehead atoms. The van der Waals surface area contributed by atoms with Crippen LogP contribution in [-0.4, -0.2) is 14.3 Å². The van der Waals surface area contributed by atoms with Crippen molar-refractivity contribution >= 4 is 10.9 Å². The maximum absolute atomic E-state index is 12.9. The van der Waals surface area contributed by atoms with Crippen molar-refractivity contribution in [2.75, 3.05) is 0 Å². The van der Waals surface area contributed by atoms with Gasteiger partial charge in [-0.25, -0.2) is 4.39 Å². The van der Waals surface area contributed by atoms with Crippen LogP contribution in [0, 0.1) is 12.7 Å². The minimum atomic E-state index is -0.290. The Bertz CT molecular complexity index is 1180. The van der Waals surface area contributed by atoms with Crippen LogP contribution in [0.1, 0.15) is 11.3 Å². The Morgan fingerprint density at radius 3 is 2.59 bits per heavy atom. The lowest BCUT2D eigenvalue weighted by Gasteiger charge is -2.09. The smallest absolute Gasteiger partial charge is 0.258 e. The van der Waals surface area contributed by atoms with Crippen molar-refractivity contribution in [2.24, 2.45) is 7.05 Å². The van der Waals surface area contributed by atoms with E-state index >= 15 is 0 Å². The Hall–Kier alpha value is -3.41. The average Bonchev–Trinajstić information content (AvgIpc) is 2.95. The lowest BCUT2D eigenvalue weighted by atomic mass is 10.2. The molecule has 0 spiro atoms. The molecule has 0 saturated carbocycles. The molecule has 4 rings (SSSR count). The first-order valence-electron chi connectivity index (χ1n) is 8.55. The molecule has 0 radical (unpaired) electrons.